The number of rotatable bonds is 12. The molecule has 4 atom stereocenters. The van der Waals surface area contributed by atoms with E-state index in [1.807, 2.05) is 27.7 Å². The Hall–Kier alpha value is -2.69. The Morgan fingerprint density at radius 2 is 1.59 bits per heavy atom. The first-order chi connectivity index (χ1) is 14.8. The van der Waals surface area contributed by atoms with E-state index in [9.17, 15) is 29.1 Å². The van der Waals surface area contributed by atoms with E-state index in [1.54, 1.807) is 0 Å². The predicted molar refractivity (Wildman–Crippen MR) is 117 cm³/mol. The quantitative estimate of drug-likeness (QED) is 0.258. The molecule has 0 bridgehead atoms. The zero-order valence-corrected chi connectivity index (χ0v) is 19.3. The molecule has 0 radical (unpaired) electrons. The molecule has 0 aromatic carbocycles. The van der Waals surface area contributed by atoms with E-state index < -0.39 is 60.2 Å². The highest BCUT2D eigenvalue weighted by atomic mass is 16.4. The molecule has 1 fully saturated rings. The van der Waals surface area contributed by atoms with Gasteiger partial charge in [0.05, 0.1) is 12.5 Å². The van der Waals surface area contributed by atoms with Crippen molar-refractivity contribution in [1.29, 1.82) is 0 Å². The molecule has 0 spiro atoms. The molecule has 1 heterocycles. The summed E-state index contributed by atoms with van der Waals surface area (Å²) in [5.74, 6) is -3.53. The molecule has 1 aliphatic heterocycles. The number of nitrogens with one attached hydrogen (secondary N) is 2. The molecule has 0 aromatic rings. The zero-order chi connectivity index (χ0) is 24.6. The summed E-state index contributed by atoms with van der Waals surface area (Å²) in [5.41, 5.74) is 11.1. The third-order valence-corrected chi connectivity index (χ3v) is 5.24. The molecule has 4 unspecified atom stereocenters. The molecule has 7 N–H and O–H groups in total. The first-order valence-electron chi connectivity index (χ1n) is 11.0. The molecule has 0 aliphatic carbocycles. The van der Waals surface area contributed by atoms with Crippen LogP contribution in [0.3, 0.4) is 0 Å². The highest BCUT2D eigenvalue weighted by molar-refractivity contribution is 5.96. The normalized spacial score (nSPS) is 18.8. The molecule has 0 saturated carbocycles. The third-order valence-electron chi connectivity index (χ3n) is 5.24. The van der Waals surface area contributed by atoms with Gasteiger partial charge in [-0.1, -0.05) is 27.7 Å². The highest BCUT2D eigenvalue weighted by Crippen LogP contribution is 2.20. The van der Waals surface area contributed by atoms with Crippen LogP contribution in [0.2, 0.25) is 0 Å². The van der Waals surface area contributed by atoms with Crippen molar-refractivity contribution in [2.24, 2.45) is 23.3 Å². The van der Waals surface area contributed by atoms with Crippen molar-refractivity contribution in [3.8, 4) is 0 Å². The topological polar surface area (TPSA) is 185 Å². The van der Waals surface area contributed by atoms with Crippen LogP contribution in [0.5, 0.6) is 0 Å². The van der Waals surface area contributed by atoms with Crippen LogP contribution in [0.4, 0.5) is 0 Å². The van der Waals surface area contributed by atoms with Crippen molar-refractivity contribution in [3.05, 3.63) is 0 Å². The second-order valence-corrected chi connectivity index (χ2v) is 9.19. The number of carbonyl (C=O) groups excluding carboxylic acids is 4. The molecule has 1 rings (SSSR count). The van der Waals surface area contributed by atoms with E-state index in [2.05, 4.69) is 10.6 Å². The summed E-state index contributed by atoms with van der Waals surface area (Å²) < 4.78 is 0. The lowest BCUT2D eigenvalue weighted by Crippen LogP contribution is -2.57. The number of hydrogen-bond acceptors (Lipinski definition) is 6. The van der Waals surface area contributed by atoms with Gasteiger partial charge in [0, 0.05) is 6.54 Å². The van der Waals surface area contributed by atoms with Gasteiger partial charge in [-0.15, -0.1) is 0 Å². The first kappa shape index (κ1) is 27.3. The summed E-state index contributed by atoms with van der Waals surface area (Å²) in [5, 5.41) is 14.4. The van der Waals surface area contributed by atoms with Crippen LogP contribution in [0.1, 0.15) is 59.8 Å². The van der Waals surface area contributed by atoms with Gasteiger partial charge in [0.25, 0.3) is 0 Å². The van der Waals surface area contributed by atoms with Crippen LogP contribution >= 0.6 is 0 Å². The number of carbonyl (C=O) groups is 5. The minimum atomic E-state index is -1.25. The van der Waals surface area contributed by atoms with Crippen LogP contribution in [-0.4, -0.2) is 70.3 Å². The first-order valence-corrected chi connectivity index (χ1v) is 11.0. The fraction of sp³-hybridized carbons (Fsp3) is 0.762. The lowest BCUT2D eigenvalue weighted by molar-refractivity contribution is -0.145. The average molecular weight is 456 g/mol. The van der Waals surface area contributed by atoms with Gasteiger partial charge in [-0.05, 0) is 37.5 Å². The van der Waals surface area contributed by atoms with E-state index >= 15 is 0 Å². The Balaban J connectivity index is 2.95. The number of primary amides is 1. The zero-order valence-electron chi connectivity index (χ0n) is 19.3. The van der Waals surface area contributed by atoms with E-state index in [0.717, 1.165) is 0 Å². The van der Waals surface area contributed by atoms with Gasteiger partial charge in [0.2, 0.25) is 23.6 Å². The number of hydrogen-bond donors (Lipinski definition) is 5. The minimum Gasteiger partial charge on any atom is -0.480 e. The summed E-state index contributed by atoms with van der Waals surface area (Å²) in [6.07, 6.45) is 1.07. The number of carboxylic acid groups (broad SMARTS) is 1. The molecule has 0 aromatic heterocycles. The Labute approximate surface area is 188 Å². The van der Waals surface area contributed by atoms with Crippen molar-refractivity contribution < 1.29 is 29.1 Å². The summed E-state index contributed by atoms with van der Waals surface area (Å²) in [4.78, 5) is 62.6. The van der Waals surface area contributed by atoms with Crippen molar-refractivity contribution >= 4 is 29.6 Å². The number of nitrogens with zero attached hydrogens (tertiary/aromatic N) is 1. The smallest absolute Gasteiger partial charge is 0.326 e. The fourth-order valence-electron chi connectivity index (χ4n) is 3.76. The lowest BCUT2D eigenvalue weighted by Gasteiger charge is -2.29. The van der Waals surface area contributed by atoms with Crippen molar-refractivity contribution in [2.75, 3.05) is 6.54 Å². The Kier molecular flexibility index (Phi) is 10.6. The summed E-state index contributed by atoms with van der Waals surface area (Å²) >= 11 is 0. The van der Waals surface area contributed by atoms with E-state index in [-0.39, 0.29) is 24.8 Å². The Morgan fingerprint density at radius 3 is 2.09 bits per heavy atom. The summed E-state index contributed by atoms with van der Waals surface area (Å²) in [6.45, 7) is 7.72. The maximum absolute atomic E-state index is 13.1. The molecule has 182 valence electrons. The molecule has 1 aliphatic rings. The highest BCUT2D eigenvalue weighted by Gasteiger charge is 2.39. The van der Waals surface area contributed by atoms with Gasteiger partial charge >= 0.3 is 5.97 Å². The van der Waals surface area contributed by atoms with E-state index in [0.29, 0.717) is 19.3 Å². The Morgan fingerprint density at radius 1 is 1.00 bits per heavy atom. The molecular weight excluding hydrogens is 418 g/mol. The maximum atomic E-state index is 13.1. The number of likely N-dealkylation sites (tertiary alicyclic amines) is 1. The molecule has 4 amide bonds. The standard InChI is InChI=1S/C21H37N5O6/c1-11(2)8-13(22)18(28)24-14(10-17(23)27)20(30)26-7-5-6-16(26)19(29)25-15(21(31)32)9-12(3)4/h11-16H,5-10,22H2,1-4H3,(H2,23,27)(H,24,28)(H,25,29)(H,31,32). The monoisotopic (exact) mass is 455 g/mol. The van der Waals surface area contributed by atoms with Gasteiger partial charge < -0.3 is 32.1 Å². The van der Waals surface area contributed by atoms with Gasteiger partial charge in [-0.25, -0.2) is 4.79 Å². The number of amides is 4. The molecule has 32 heavy (non-hydrogen) atoms. The van der Waals surface area contributed by atoms with E-state index in [1.165, 1.54) is 4.90 Å². The number of aliphatic carboxylic acids is 1. The fourth-order valence-corrected chi connectivity index (χ4v) is 3.76. The van der Waals surface area contributed by atoms with Crippen LogP contribution in [-0.2, 0) is 24.0 Å². The Bertz CT molecular complexity index is 711. The van der Waals surface area contributed by atoms with Crippen LogP contribution in [0.25, 0.3) is 0 Å². The minimum absolute atomic E-state index is 0.0444. The van der Waals surface area contributed by atoms with Crippen molar-refractivity contribution in [1.82, 2.24) is 15.5 Å². The SMILES string of the molecule is CC(C)CC(N)C(=O)NC(CC(N)=O)C(=O)N1CCCC1C(=O)NC(CC(C)C)C(=O)O. The molecule has 11 heteroatoms. The van der Waals surface area contributed by atoms with Crippen LogP contribution < -0.4 is 22.1 Å². The van der Waals surface area contributed by atoms with Gasteiger partial charge in [-0.2, -0.15) is 0 Å². The second kappa shape index (κ2) is 12.4. The number of nitrogens with two attached hydrogens (primary N) is 2. The van der Waals surface area contributed by atoms with E-state index in [4.69, 9.17) is 11.5 Å². The largest absolute Gasteiger partial charge is 0.480 e. The summed E-state index contributed by atoms with van der Waals surface area (Å²) in [7, 11) is 0. The number of carboxylic acids is 1. The third kappa shape index (κ3) is 8.45. The molecular formula is C21H37N5O6. The molecule has 11 nitrogen and oxygen atoms in total. The second-order valence-electron chi connectivity index (χ2n) is 9.19. The molecule has 1 saturated heterocycles. The van der Waals surface area contributed by atoms with Crippen LogP contribution in [0, 0.1) is 11.8 Å². The van der Waals surface area contributed by atoms with Gasteiger partial charge in [0.15, 0.2) is 0 Å². The maximum Gasteiger partial charge on any atom is 0.326 e. The summed E-state index contributed by atoms with van der Waals surface area (Å²) in [6, 6.07) is -4.08. The van der Waals surface area contributed by atoms with Crippen LogP contribution in [0.15, 0.2) is 0 Å². The predicted octanol–water partition coefficient (Wildman–Crippen LogP) is -0.673. The van der Waals surface area contributed by atoms with Crippen molar-refractivity contribution in [3.63, 3.8) is 0 Å². The average Bonchev–Trinajstić information content (AvgIpc) is 3.14. The van der Waals surface area contributed by atoms with Crippen molar-refractivity contribution in [2.45, 2.75) is 84.0 Å². The van der Waals surface area contributed by atoms with Gasteiger partial charge in [-0.3, -0.25) is 19.2 Å². The van der Waals surface area contributed by atoms with Gasteiger partial charge in [0.1, 0.15) is 18.1 Å². The lowest BCUT2D eigenvalue weighted by atomic mass is 10.0.